The van der Waals surface area contributed by atoms with Crippen molar-refractivity contribution < 1.29 is 33.0 Å². The van der Waals surface area contributed by atoms with Gasteiger partial charge in [0.15, 0.2) is 5.78 Å². The number of carbonyl (C=O) groups is 2. The Kier molecular flexibility index (Phi) is 9.37. The van der Waals surface area contributed by atoms with E-state index in [0.717, 1.165) is 60.1 Å². The number of alkyl halides is 3. The predicted molar refractivity (Wildman–Crippen MR) is 158 cm³/mol. The molecule has 2 aliphatic rings. The molecule has 3 aromatic carbocycles. The lowest BCUT2D eigenvalue weighted by molar-refractivity contribution is -0.137. The minimum atomic E-state index is -4.52. The molecule has 5 nitrogen and oxygen atoms in total. The van der Waals surface area contributed by atoms with Crippen LogP contribution in [0.3, 0.4) is 0 Å². The maximum absolute atomic E-state index is 13.0. The van der Waals surface area contributed by atoms with Crippen molar-refractivity contribution in [2.24, 2.45) is 11.8 Å². The molecule has 1 atom stereocenters. The minimum absolute atomic E-state index is 0.0113. The molecule has 0 spiro atoms. The monoisotopic (exact) mass is 593 g/mol. The third-order valence-electron chi connectivity index (χ3n) is 9.24. The number of amides is 1. The fourth-order valence-electron chi connectivity index (χ4n) is 6.69. The van der Waals surface area contributed by atoms with Gasteiger partial charge in [0, 0.05) is 31.5 Å². The molecule has 1 aliphatic carbocycles. The van der Waals surface area contributed by atoms with Crippen LogP contribution >= 0.6 is 0 Å². The quantitative estimate of drug-likeness (QED) is 0.259. The molecule has 2 fully saturated rings. The van der Waals surface area contributed by atoms with Crippen molar-refractivity contribution >= 4 is 11.7 Å². The van der Waals surface area contributed by atoms with Crippen molar-refractivity contribution in [3.05, 3.63) is 95.1 Å². The van der Waals surface area contributed by atoms with Crippen LogP contribution in [0.4, 0.5) is 13.2 Å². The lowest BCUT2D eigenvalue weighted by Crippen LogP contribution is -2.32. The van der Waals surface area contributed by atoms with E-state index < -0.39 is 23.1 Å². The summed E-state index contributed by atoms with van der Waals surface area (Å²) in [6.45, 7) is 1.23. The van der Waals surface area contributed by atoms with E-state index in [1.165, 1.54) is 12.1 Å². The summed E-state index contributed by atoms with van der Waals surface area (Å²) in [5.41, 5.74) is 2.01. The maximum atomic E-state index is 13.0. The number of halogens is 3. The van der Waals surface area contributed by atoms with Crippen molar-refractivity contribution in [1.29, 1.82) is 0 Å². The number of likely N-dealkylation sites (tertiary alicyclic amines) is 1. The molecule has 1 amide bonds. The minimum Gasteiger partial charge on any atom is -0.392 e. The number of carbonyl (C=O) groups excluding carboxylic acids is 2. The van der Waals surface area contributed by atoms with Crippen LogP contribution in [0, 0.1) is 11.8 Å². The fraction of sp³-hybridized carbons (Fsp3) is 0.429. The van der Waals surface area contributed by atoms with Crippen LogP contribution in [0.2, 0.25) is 0 Å². The molecule has 3 aromatic rings. The largest absolute Gasteiger partial charge is 0.416 e. The highest BCUT2D eigenvalue weighted by Gasteiger charge is 2.37. The molecule has 0 aromatic heterocycles. The van der Waals surface area contributed by atoms with Crippen LogP contribution in [0.15, 0.2) is 72.8 Å². The molecule has 1 saturated carbocycles. The van der Waals surface area contributed by atoms with Crippen LogP contribution in [0.25, 0.3) is 11.1 Å². The topological polar surface area (TPSA) is 77.8 Å². The van der Waals surface area contributed by atoms with Gasteiger partial charge in [-0.05, 0) is 84.7 Å². The number of hydrogen-bond acceptors (Lipinski definition) is 4. The maximum Gasteiger partial charge on any atom is 0.416 e. The zero-order valence-corrected chi connectivity index (χ0v) is 24.2. The van der Waals surface area contributed by atoms with Crippen LogP contribution in [-0.4, -0.2) is 39.9 Å². The van der Waals surface area contributed by atoms with Crippen molar-refractivity contribution in [3.63, 3.8) is 0 Å². The van der Waals surface area contributed by atoms with Gasteiger partial charge < -0.3 is 15.1 Å². The number of benzene rings is 3. The lowest BCUT2D eigenvalue weighted by atomic mass is 9.72. The summed E-state index contributed by atoms with van der Waals surface area (Å²) in [5.74, 6) is 0.240. The third kappa shape index (κ3) is 7.36. The highest BCUT2D eigenvalue weighted by molar-refractivity contribution is 5.98. The molecule has 1 saturated heterocycles. The Hall–Kier alpha value is -3.49. The first-order chi connectivity index (χ1) is 20.6. The predicted octanol–water partition coefficient (Wildman–Crippen LogP) is 7.14. The summed E-state index contributed by atoms with van der Waals surface area (Å²) in [6, 6.07) is 20.1. The van der Waals surface area contributed by atoms with Crippen LogP contribution in [0.1, 0.15) is 78.4 Å². The standard InChI is InChI=1S/C35H38F3NO4/c36-35(37,38)30-6-3-5-27(21-30)32(41)12-13-33(42)39-19-16-25(22-39)20-24-14-17-34(43,18-15-24)29-10-8-26(9-11-29)31-7-2-1-4-28(31)23-40/h1-11,21,24-25,40,43H,12-20,22-23H2. The highest BCUT2D eigenvalue weighted by Crippen LogP contribution is 2.43. The van der Waals surface area contributed by atoms with Gasteiger partial charge in [0.1, 0.15) is 0 Å². The molecule has 43 heavy (non-hydrogen) atoms. The Morgan fingerprint density at radius 2 is 1.60 bits per heavy atom. The summed E-state index contributed by atoms with van der Waals surface area (Å²) in [7, 11) is 0. The van der Waals surface area contributed by atoms with Gasteiger partial charge in [-0.1, -0.05) is 60.7 Å². The second-order valence-corrected chi connectivity index (χ2v) is 12.1. The van der Waals surface area contributed by atoms with E-state index in [-0.39, 0.29) is 30.9 Å². The van der Waals surface area contributed by atoms with Crippen LogP contribution < -0.4 is 0 Å². The smallest absolute Gasteiger partial charge is 0.392 e. The van der Waals surface area contributed by atoms with Gasteiger partial charge in [-0.2, -0.15) is 13.2 Å². The number of nitrogens with zero attached hydrogens (tertiary/aromatic N) is 1. The SMILES string of the molecule is O=C(CCC(=O)N1CCC(CC2CCC(O)(c3ccc(-c4ccccc4CO)cc3)CC2)C1)c1cccc(C(F)(F)F)c1. The lowest BCUT2D eigenvalue weighted by Gasteiger charge is -2.37. The normalized spacial score (nSPS) is 22.5. The molecule has 2 N–H and O–H groups in total. The summed E-state index contributed by atoms with van der Waals surface area (Å²) in [6.07, 6.45) is 0.399. The highest BCUT2D eigenvalue weighted by atomic mass is 19.4. The van der Waals surface area contributed by atoms with Crippen molar-refractivity contribution in [2.45, 2.75) is 69.8 Å². The molecule has 5 rings (SSSR count). The Balaban J connectivity index is 1.08. The molecule has 0 bridgehead atoms. The molecule has 0 radical (unpaired) electrons. The molecular weight excluding hydrogens is 555 g/mol. The second kappa shape index (κ2) is 13.0. The average Bonchev–Trinajstić information content (AvgIpc) is 3.49. The first kappa shape index (κ1) is 31.0. The summed E-state index contributed by atoms with van der Waals surface area (Å²) < 4.78 is 38.9. The van der Waals surface area contributed by atoms with E-state index in [4.69, 9.17) is 0 Å². The molecule has 1 aliphatic heterocycles. The van der Waals surface area contributed by atoms with Crippen LogP contribution in [-0.2, 0) is 23.2 Å². The number of aliphatic hydroxyl groups is 2. The summed E-state index contributed by atoms with van der Waals surface area (Å²) in [4.78, 5) is 27.0. The van der Waals surface area contributed by atoms with Crippen molar-refractivity contribution in [1.82, 2.24) is 4.90 Å². The zero-order valence-electron chi connectivity index (χ0n) is 24.2. The second-order valence-electron chi connectivity index (χ2n) is 12.1. The first-order valence-corrected chi connectivity index (χ1v) is 15.1. The number of hydrogen-bond donors (Lipinski definition) is 2. The van der Waals surface area contributed by atoms with E-state index in [2.05, 4.69) is 0 Å². The van der Waals surface area contributed by atoms with E-state index in [9.17, 15) is 33.0 Å². The Bertz CT molecular complexity index is 1430. The van der Waals surface area contributed by atoms with Gasteiger partial charge in [0.2, 0.25) is 5.91 Å². The molecular formula is C35H38F3NO4. The average molecular weight is 594 g/mol. The zero-order chi connectivity index (χ0) is 30.6. The molecule has 1 unspecified atom stereocenters. The van der Waals surface area contributed by atoms with Crippen LogP contribution in [0.5, 0.6) is 0 Å². The first-order valence-electron chi connectivity index (χ1n) is 15.1. The summed E-state index contributed by atoms with van der Waals surface area (Å²) in [5, 5.41) is 21.1. The van der Waals surface area contributed by atoms with Gasteiger partial charge in [0.05, 0.1) is 17.8 Å². The molecule has 228 valence electrons. The fourth-order valence-corrected chi connectivity index (χ4v) is 6.69. The third-order valence-corrected chi connectivity index (χ3v) is 9.24. The van der Waals surface area contributed by atoms with Gasteiger partial charge in [0.25, 0.3) is 0 Å². The molecule has 1 heterocycles. The van der Waals surface area contributed by atoms with Gasteiger partial charge >= 0.3 is 6.18 Å². The number of Topliss-reactive ketones (excluding diaryl/α,β-unsaturated/α-hetero) is 1. The summed E-state index contributed by atoms with van der Waals surface area (Å²) >= 11 is 0. The van der Waals surface area contributed by atoms with Gasteiger partial charge in [-0.15, -0.1) is 0 Å². The molecule has 8 heteroatoms. The van der Waals surface area contributed by atoms with E-state index in [1.807, 2.05) is 48.5 Å². The Morgan fingerprint density at radius 3 is 2.30 bits per heavy atom. The van der Waals surface area contributed by atoms with E-state index in [0.29, 0.717) is 37.8 Å². The number of ketones is 1. The van der Waals surface area contributed by atoms with Gasteiger partial charge in [-0.25, -0.2) is 0 Å². The van der Waals surface area contributed by atoms with Gasteiger partial charge in [-0.3, -0.25) is 9.59 Å². The van der Waals surface area contributed by atoms with Crippen molar-refractivity contribution in [2.75, 3.05) is 13.1 Å². The van der Waals surface area contributed by atoms with E-state index in [1.54, 1.807) is 4.90 Å². The van der Waals surface area contributed by atoms with Crippen molar-refractivity contribution in [3.8, 4) is 11.1 Å². The number of rotatable bonds is 9. The Labute approximate surface area is 250 Å². The Morgan fingerprint density at radius 1 is 0.884 bits per heavy atom. The number of aliphatic hydroxyl groups excluding tert-OH is 1. The van der Waals surface area contributed by atoms with E-state index >= 15 is 0 Å².